The minimum Gasteiger partial charge on any atom is -0.335 e. The van der Waals surface area contributed by atoms with Gasteiger partial charge in [-0.05, 0) is 18.7 Å². The van der Waals surface area contributed by atoms with E-state index < -0.39 is 9.84 Å². The fourth-order valence-electron chi connectivity index (χ4n) is 3.47. The number of amides is 1. The number of carbonyl (C=O) groups is 1. The number of sulfone groups is 1. The number of hydrogen-bond acceptors (Lipinski definition) is 5. The molecule has 0 aromatic heterocycles. The normalized spacial score (nSPS) is 26.9. The lowest BCUT2D eigenvalue weighted by Gasteiger charge is -2.43. The van der Waals surface area contributed by atoms with Crippen LogP contribution in [0.4, 0.5) is 0 Å². The summed E-state index contributed by atoms with van der Waals surface area (Å²) < 4.78 is 24.1. The standard InChI is InChI=1S/C16H22N2O3S2/c1-2-17-8-9-18(15-12-23(20,21)11-14(15)17)16(19)10-22-13-6-4-3-5-7-13/h3-7,14-15H,2,8-12H2,1H3/t14-,15+/m0/s1. The highest BCUT2D eigenvalue weighted by Gasteiger charge is 2.47. The third kappa shape index (κ3) is 3.72. The number of carbonyl (C=O) groups excluding carboxylic acids is 1. The number of hydrogen-bond donors (Lipinski definition) is 0. The number of piperazine rings is 1. The zero-order valence-corrected chi connectivity index (χ0v) is 14.9. The first kappa shape index (κ1) is 16.8. The van der Waals surface area contributed by atoms with Gasteiger partial charge < -0.3 is 4.90 Å². The molecule has 1 amide bonds. The van der Waals surface area contributed by atoms with E-state index in [1.165, 1.54) is 11.8 Å². The van der Waals surface area contributed by atoms with Crippen molar-refractivity contribution in [1.29, 1.82) is 0 Å². The van der Waals surface area contributed by atoms with Gasteiger partial charge in [-0.3, -0.25) is 9.69 Å². The Balaban J connectivity index is 1.68. The van der Waals surface area contributed by atoms with E-state index in [2.05, 4.69) is 4.90 Å². The highest BCUT2D eigenvalue weighted by atomic mass is 32.2. The van der Waals surface area contributed by atoms with E-state index in [9.17, 15) is 13.2 Å². The van der Waals surface area contributed by atoms with E-state index in [0.717, 1.165) is 18.0 Å². The first-order valence-electron chi connectivity index (χ1n) is 7.92. The Morgan fingerprint density at radius 2 is 1.87 bits per heavy atom. The van der Waals surface area contributed by atoms with Crippen molar-refractivity contribution in [2.24, 2.45) is 0 Å². The lowest BCUT2D eigenvalue weighted by atomic mass is 10.0. The van der Waals surface area contributed by atoms with E-state index in [0.29, 0.717) is 12.3 Å². The molecule has 2 heterocycles. The average molecular weight is 354 g/mol. The zero-order valence-electron chi connectivity index (χ0n) is 13.2. The third-order valence-corrected chi connectivity index (χ3v) is 7.32. The quantitative estimate of drug-likeness (QED) is 0.758. The van der Waals surface area contributed by atoms with Crippen molar-refractivity contribution >= 4 is 27.5 Å². The second kappa shape index (κ2) is 6.83. The van der Waals surface area contributed by atoms with E-state index in [1.807, 2.05) is 37.3 Å². The second-order valence-corrected chi connectivity index (χ2v) is 9.23. The van der Waals surface area contributed by atoms with Crippen LogP contribution < -0.4 is 0 Å². The Hall–Kier alpha value is -1.05. The number of fused-ring (bicyclic) bond motifs is 1. The molecule has 1 aromatic rings. The van der Waals surface area contributed by atoms with Gasteiger partial charge in [0, 0.05) is 24.0 Å². The second-order valence-electron chi connectivity index (χ2n) is 6.03. The summed E-state index contributed by atoms with van der Waals surface area (Å²) >= 11 is 1.51. The van der Waals surface area contributed by atoms with Gasteiger partial charge in [-0.15, -0.1) is 11.8 Å². The summed E-state index contributed by atoms with van der Waals surface area (Å²) in [5, 5.41) is 0. The molecule has 3 rings (SSSR count). The molecule has 0 unspecified atom stereocenters. The molecule has 2 fully saturated rings. The van der Waals surface area contributed by atoms with Gasteiger partial charge in [-0.2, -0.15) is 0 Å². The minimum absolute atomic E-state index is 0.0376. The van der Waals surface area contributed by atoms with Crippen LogP contribution >= 0.6 is 11.8 Å². The smallest absolute Gasteiger partial charge is 0.233 e. The van der Waals surface area contributed by atoms with Gasteiger partial charge >= 0.3 is 0 Å². The Morgan fingerprint density at radius 3 is 2.57 bits per heavy atom. The summed E-state index contributed by atoms with van der Waals surface area (Å²) in [4.78, 5) is 17.7. The maximum absolute atomic E-state index is 12.6. The maximum Gasteiger partial charge on any atom is 0.233 e. The molecule has 5 nitrogen and oxygen atoms in total. The van der Waals surface area contributed by atoms with Crippen molar-refractivity contribution < 1.29 is 13.2 Å². The fourth-order valence-corrected chi connectivity index (χ4v) is 6.29. The van der Waals surface area contributed by atoms with Crippen LogP contribution in [0.15, 0.2) is 35.2 Å². The van der Waals surface area contributed by atoms with Crippen LogP contribution in [0.5, 0.6) is 0 Å². The molecule has 0 aliphatic carbocycles. The van der Waals surface area contributed by atoms with Crippen molar-refractivity contribution in [2.75, 3.05) is 36.9 Å². The molecule has 126 valence electrons. The number of nitrogens with zero attached hydrogens (tertiary/aromatic N) is 2. The van der Waals surface area contributed by atoms with Crippen LogP contribution in [0.25, 0.3) is 0 Å². The third-order valence-electron chi connectivity index (χ3n) is 4.62. The van der Waals surface area contributed by atoms with Gasteiger partial charge in [0.15, 0.2) is 9.84 Å². The van der Waals surface area contributed by atoms with Crippen LogP contribution in [-0.4, -0.2) is 73.1 Å². The summed E-state index contributed by atoms with van der Waals surface area (Å²) in [6.07, 6.45) is 0. The van der Waals surface area contributed by atoms with E-state index >= 15 is 0 Å². The number of rotatable bonds is 4. The van der Waals surface area contributed by atoms with Gasteiger partial charge in [-0.1, -0.05) is 25.1 Å². The lowest BCUT2D eigenvalue weighted by molar-refractivity contribution is -0.133. The first-order chi connectivity index (χ1) is 11.0. The Bertz CT molecular complexity index is 663. The predicted molar refractivity (Wildman–Crippen MR) is 92.4 cm³/mol. The van der Waals surface area contributed by atoms with Crippen LogP contribution in [-0.2, 0) is 14.6 Å². The first-order valence-corrected chi connectivity index (χ1v) is 10.7. The largest absolute Gasteiger partial charge is 0.335 e. The van der Waals surface area contributed by atoms with E-state index in [1.54, 1.807) is 4.90 Å². The highest BCUT2D eigenvalue weighted by molar-refractivity contribution is 8.00. The molecule has 23 heavy (non-hydrogen) atoms. The van der Waals surface area contributed by atoms with E-state index in [4.69, 9.17) is 0 Å². The topological polar surface area (TPSA) is 57.7 Å². The predicted octanol–water partition coefficient (Wildman–Crippen LogP) is 1.11. The molecule has 0 bridgehead atoms. The summed E-state index contributed by atoms with van der Waals surface area (Å²) in [5.74, 6) is 0.692. The van der Waals surface area contributed by atoms with Crippen molar-refractivity contribution in [1.82, 2.24) is 9.80 Å². The van der Waals surface area contributed by atoms with Crippen molar-refractivity contribution in [3.8, 4) is 0 Å². The number of likely N-dealkylation sites (N-methyl/N-ethyl adjacent to an activating group) is 1. The van der Waals surface area contributed by atoms with Crippen LogP contribution in [0.2, 0.25) is 0 Å². The Morgan fingerprint density at radius 1 is 1.17 bits per heavy atom. The number of thioether (sulfide) groups is 1. The van der Waals surface area contributed by atoms with Gasteiger partial charge in [0.1, 0.15) is 0 Å². The molecule has 0 radical (unpaired) electrons. The monoisotopic (exact) mass is 354 g/mol. The Kier molecular flexibility index (Phi) is 4.98. The van der Waals surface area contributed by atoms with E-state index in [-0.39, 0.29) is 29.5 Å². The van der Waals surface area contributed by atoms with Gasteiger partial charge in [0.2, 0.25) is 5.91 Å². The van der Waals surface area contributed by atoms with Gasteiger partial charge in [0.05, 0.1) is 23.3 Å². The molecule has 2 saturated heterocycles. The zero-order chi connectivity index (χ0) is 16.4. The van der Waals surface area contributed by atoms with Crippen LogP contribution in [0.3, 0.4) is 0 Å². The summed E-state index contributed by atoms with van der Waals surface area (Å²) in [7, 11) is -3.05. The number of benzene rings is 1. The summed E-state index contributed by atoms with van der Waals surface area (Å²) in [6, 6.07) is 9.59. The molecular formula is C16H22N2O3S2. The molecule has 2 aliphatic rings. The lowest BCUT2D eigenvalue weighted by Crippen LogP contribution is -2.60. The molecule has 2 atom stereocenters. The fraction of sp³-hybridized carbons (Fsp3) is 0.562. The van der Waals surface area contributed by atoms with Crippen LogP contribution in [0, 0.1) is 0 Å². The van der Waals surface area contributed by atoms with Gasteiger partial charge in [-0.25, -0.2) is 8.42 Å². The molecular weight excluding hydrogens is 332 g/mol. The van der Waals surface area contributed by atoms with Crippen molar-refractivity contribution in [3.63, 3.8) is 0 Å². The molecule has 2 aliphatic heterocycles. The van der Waals surface area contributed by atoms with Crippen molar-refractivity contribution in [3.05, 3.63) is 30.3 Å². The van der Waals surface area contributed by atoms with Crippen LogP contribution in [0.1, 0.15) is 6.92 Å². The SMILES string of the molecule is CCN1CCN(C(=O)CSc2ccccc2)[C@@H]2CS(=O)(=O)C[C@@H]21. The molecule has 0 spiro atoms. The molecule has 7 heteroatoms. The Labute approximate surface area is 141 Å². The maximum atomic E-state index is 12.6. The molecule has 0 N–H and O–H groups in total. The average Bonchev–Trinajstić information content (AvgIpc) is 2.87. The molecule has 0 saturated carbocycles. The highest BCUT2D eigenvalue weighted by Crippen LogP contribution is 2.28. The summed E-state index contributed by atoms with van der Waals surface area (Å²) in [6.45, 7) is 4.26. The summed E-state index contributed by atoms with van der Waals surface area (Å²) in [5.41, 5.74) is 0. The van der Waals surface area contributed by atoms with Crippen molar-refractivity contribution in [2.45, 2.75) is 23.9 Å². The van der Waals surface area contributed by atoms with Gasteiger partial charge in [0.25, 0.3) is 0 Å². The minimum atomic E-state index is -3.05. The molecule has 1 aromatic carbocycles.